The molecule has 0 saturated heterocycles. The first-order chi connectivity index (χ1) is 8.04. The number of ether oxygens (including phenoxy) is 1. The fraction of sp³-hybridized carbons (Fsp3) is 0.727. The zero-order chi connectivity index (χ0) is 12.8. The van der Waals surface area contributed by atoms with E-state index in [0.29, 0.717) is 24.7 Å². The summed E-state index contributed by atoms with van der Waals surface area (Å²) in [5.74, 6) is 0.854. The van der Waals surface area contributed by atoms with Gasteiger partial charge in [0.2, 0.25) is 5.89 Å². The van der Waals surface area contributed by atoms with Gasteiger partial charge in [-0.3, -0.25) is 4.79 Å². The van der Waals surface area contributed by atoms with Crippen LogP contribution in [0.3, 0.4) is 0 Å². The maximum absolute atomic E-state index is 11.3. The Balaban J connectivity index is 2.28. The number of carbonyl (C=O) groups excluding carboxylic acids is 1. The fourth-order valence-electron chi connectivity index (χ4n) is 1.42. The van der Waals surface area contributed by atoms with E-state index in [1.54, 1.807) is 6.92 Å². The van der Waals surface area contributed by atoms with Crippen LogP contribution in [0.4, 0.5) is 0 Å². The van der Waals surface area contributed by atoms with Crippen LogP contribution in [0.15, 0.2) is 4.52 Å². The molecule has 0 radical (unpaired) electrons. The Kier molecular flexibility index (Phi) is 5.09. The molecule has 6 heteroatoms. The number of rotatable bonds is 6. The molecule has 1 aromatic heterocycles. The molecule has 17 heavy (non-hydrogen) atoms. The lowest BCUT2D eigenvalue weighted by atomic mass is 10.0. The van der Waals surface area contributed by atoms with E-state index in [4.69, 9.17) is 4.52 Å². The van der Waals surface area contributed by atoms with Gasteiger partial charge < -0.3 is 14.6 Å². The third-order valence-electron chi connectivity index (χ3n) is 2.70. The SMILES string of the molecule is COC(=O)C(C)C(C)NCCc1nc(C)no1. The average molecular weight is 241 g/mol. The molecule has 1 heterocycles. The second-order valence-electron chi connectivity index (χ2n) is 4.04. The minimum atomic E-state index is -0.210. The van der Waals surface area contributed by atoms with Gasteiger partial charge in [0.05, 0.1) is 13.0 Å². The quantitative estimate of drug-likeness (QED) is 0.739. The van der Waals surface area contributed by atoms with Crippen LogP contribution in [-0.2, 0) is 16.0 Å². The van der Waals surface area contributed by atoms with E-state index in [9.17, 15) is 4.79 Å². The maximum Gasteiger partial charge on any atom is 0.309 e. The molecule has 0 fully saturated rings. The largest absolute Gasteiger partial charge is 0.469 e. The molecule has 0 spiro atoms. The summed E-state index contributed by atoms with van der Waals surface area (Å²) in [5, 5.41) is 6.93. The highest BCUT2D eigenvalue weighted by molar-refractivity contribution is 5.72. The Bertz CT molecular complexity index is 365. The first-order valence-electron chi connectivity index (χ1n) is 5.65. The molecule has 2 atom stereocenters. The van der Waals surface area contributed by atoms with Crippen molar-refractivity contribution in [2.24, 2.45) is 5.92 Å². The van der Waals surface area contributed by atoms with Crippen molar-refractivity contribution in [2.45, 2.75) is 33.2 Å². The van der Waals surface area contributed by atoms with E-state index in [1.807, 2.05) is 13.8 Å². The second-order valence-corrected chi connectivity index (χ2v) is 4.04. The summed E-state index contributed by atoms with van der Waals surface area (Å²) in [6.07, 6.45) is 0.652. The van der Waals surface area contributed by atoms with Gasteiger partial charge in [0, 0.05) is 19.0 Å². The number of esters is 1. The molecule has 96 valence electrons. The maximum atomic E-state index is 11.3. The predicted molar refractivity (Wildman–Crippen MR) is 61.4 cm³/mol. The molecule has 1 N–H and O–H groups in total. The van der Waals surface area contributed by atoms with Crippen LogP contribution >= 0.6 is 0 Å². The molecule has 1 aromatic rings. The zero-order valence-corrected chi connectivity index (χ0v) is 10.7. The molecule has 0 saturated carbocycles. The topological polar surface area (TPSA) is 77.2 Å². The number of aromatic nitrogens is 2. The van der Waals surface area contributed by atoms with Gasteiger partial charge in [-0.05, 0) is 13.8 Å². The van der Waals surface area contributed by atoms with Crippen molar-refractivity contribution < 1.29 is 14.1 Å². The van der Waals surface area contributed by atoms with Crippen LogP contribution in [0.5, 0.6) is 0 Å². The summed E-state index contributed by atoms with van der Waals surface area (Å²) < 4.78 is 9.66. The number of methoxy groups -OCH3 is 1. The van der Waals surface area contributed by atoms with E-state index in [0.717, 1.165) is 0 Å². The van der Waals surface area contributed by atoms with E-state index in [2.05, 4.69) is 20.2 Å². The highest BCUT2D eigenvalue weighted by Crippen LogP contribution is 2.04. The molecule has 0 aliphatic carbocycles. The summed E-state index contributed by atoms with van der Waals surface area (Å²) in [7, 11) is 1.40. The van der Waals surface area contributed by atoms with Crippen molar-refractivity contribution in [3.05, 3.63) is 11.7 Å². The van der Waals surface area contributed by atoms with Gasteiger partial charge in [0.15, 0.2) is 5.82 Å². The Morgan fingerprint density at radius 2 is 2.24 bits per heavy atom. The van der Waals surface area contributed by atoms with Gasteiger partial charge in [-0.1, -0.05) is 12.1 Å². The smallest absolute Gasteiger partial charge is 0.309 e. The van der Waals surface area contributed by atoms with Crippen LogP contribution in [0.2, 0.25) is 0 Å². The Hall–Kier alpha value is -1.43. The number of carbonyl (C=O) groups is 1. The van der Waals surface area contributed by atoms with E-state index < -0.39 is 0 Å². The zero-order valence-electron chi connectivity index (χ0n) is 10.7. The lowest BCUT2D eigenvalue weighted by Gasteiger charge is -2.18. The molecule has 0 amide bonds. The molecule has 2 unspecified atom stereocenters. The van der Waals surface area contributed by atoms with Gasteiger partial charge in [-0.15, -0.1) is 0 Å². The third kappa shape index (κ3) is 4.14. The first kappa shape index (κ1) is 13.6. The molecule has 0 aliphatic heterocycles. The highest BCUT2D eigenvalue weighted by atomic mass is 16.5. The lowest BCUT2D eigenvalue weighted by Crippen LogP contribution is -2.37. The summed E-state index contributed by atoms with van der Waals surface area (Å²) in [4.78, 5) is 15.4. The number of nitrogens with zero attached hydrogens (tertiary/aromatic N) is 2. The van der Waals surface area contributed by atoms with Crippen molar-refractivity contribution in [3.8, 4) is 0 Å². The van der Waals surface area contributed by atoms with Crippen LogP contribution in [0.25, 0.3) is 0 Å². The van der Waals surface area contributed by atoms with Gasteiger partial charge in [0.1, 0.15) is 0 Å². The van der Waals surface area contributed by atoms with Crippen LogP contribution in [0, 0.1) is 12.8 Å². The van der Waals surface area contributed by atoms with Gasteiger partial charge >= 0.3 is 5.97 Å². The fourth-order valence-corrected chi connectivity index (χ4v) is 1.42. The summed E-state index contributed by atoms with van der Waals surface area (Å²) in [6.45, 7) is 6.24. The van der Waals surface area contributed by atoms with Gasteiger partial charge in [-0.2, -0.15) is 4.98 Å². The molecular formula is C11H19N3O3. The number of nitrogens with one attached hydrogen (secondary N) is 1. The summed E-state index contributed by atoms with van der Waals surface area (Å²) in [6, 6.07) is 0.0477. The Morgan fingerprint density at radius 1 is 1.53 bits per heavy atom. The molecule has 0 aromatic carbocycles. The number of hydrogen-bond donors (Lipinski definition) is 1. The van der Waals surface area contributed by atoms with E-state index in [1.165, 1.54) is 7.11 Å². The second kappa shape index (κ2) is 6.34. The monoisotopic (exact) mass is 241 g/mol. The lowest BCUT2D eigenvalue weighted by molar-refractivity contribution is -0.145. The molecule has 1 rings (SSSR count). The van der Waals surface area contributed by atoms with Crippen LogP contribution in [0.1, 0.15) is 25.6 Å². The summed E-state index contributed by atoms with van der Waals surface area (Å²) in [5.41, 5.74) is 0. The highest BCUT2D eigenvalue weighted by Gasteiger charge is 2.20. The van der Waals surface area contributed by atoms with Crippen molar-refractivity contribution in [3.63, 3.8) is 0 Å². The Morgan fingerprint density at radius 3 is 2.76 bits per heavy atom. The number of aryl methyl sites for hydroxylation is 1. The van der Waals surface area contributed by atoms with Gasteiger partial charge in [-0.25, -0.2) is 0 Å². The standard InChI is InChI=1S/C11H19N3O3/c1-7(11(15)16-4)8(2)12-6-5-10-13-9(3)14-17-10/h7-8,12H,5-6H2,1-4H3. The molecule has 0 aliphatic rings. The minimum absolute atomic E-state index is 0.0477. The van der Waals surface area contributed by atoms with E-state index >= 15 is 0 Å². The predicted octanol–water partition coefficient (Wildman–Crippen LogP) is 0.708. The van der Waals surface area contributed by atoms with Crippen molar-refractivity contribution in [1.82, 2.24) is 15.5 Å². The van der Waals surface area contributed by atoms with Crippen molar-refractivity contribution in [2.75, 3.05) is 13.7 Å². The molecular weight excluding hydrogens is 222 g/mol. The van der Waals surface area contributed by atoms with Crippen LogP contribution in [-0.4, -0.2) is 35.8 Å². The molecule has 6 nitrogen and oxygen atoms in total. The molecule has 0 bridgehead atoms. The Labute approximate surface area is 101 Å². The van der Waals surface area contributed by atoms with Crippen LogP contribution < -0.4 is 5.32 Å². The van der Waals surface area contributed by atoms with E-state index in [-0.39, 0.29) is 17.9 Å². The van der Waals surface area contributed by atoms with Gasteiger partial charge in [0.25, 0.3) is 0 Å². The third-order valence-corrected chi connectivity index (χ3v) is 2.70. The first-order valence-corrected chi connectivity index (χ1v) is 5.65. The van der Waals surface area contributed by atoms with Crippen molar-refractivity contribution in [1.29, 1.82) is 0 Å². The summed E-state index contributed by atoms with van der Waals surface area (Å²) >= 11 is 0. The van der Waals surface area contributed by atoms with Crippen molar-refractivity contribution >= 4 is 5.97 Å². The number of hydrogen-bond acceptors (Lipinski definition) is 6. The normalized spacial score (nSPS) is 14.4. The minimum Gasteiger partial charge on any atom is -0.469 e. The average Bonchev–Trinajstić information content (AvgIpc) is 2.72.